The highest BCUT2D eigenvalue weighted by Crippen LogP contribution is 2.45. The van der Waals surface area contributed by atoms with E-state index in [1.807, 2.05) is 23.9 Å². The first-order chi connectivity index (χ1) is 12.3. The highest BCUT2D eigenvalue weighted by Gasteiger charge is 2.22. The summed E-state index contributed by atoms with van der Waals surface area (Å²) in [6.45, 7) is 0. The molecule has 0 amide bonds. The Bertz CT molecular complexity index is 887. The fraction of sp³-hybridized carbons (Fsp3) is 0.136. The molecule has 0 aromatic heterocycles. The van der Waals surface area contributed by atoms with Gasteiger partial charge in [0, 0.05) is 22.3 Å². The molecule has 0 radical (unpaired) electrons. The van der Waals surface area contributed by atoms with Crippen LogP contribution in [0.3, 0.4) is 0 Å². The molecule has 0 aliphatic carbocycles. The predicted octanol–water partition coefficient (Wildman–Crippen LogP) is 6.05. The van der Waals surface area contributed by atoms with E-state index in [9.17, 15) is 0 Å². The third kappa shape index (κ3) is 3.47. The molecule has 4 rings (SSSR count). The second kappa shape index (κ2) is 7.16. The van der Waals surface area contributed by atoms with Crippen LogP contribution in [-0.4, -0.2) is 12.8 Å². The molecule has 3 aromatic rings. The Morgan fingerprint density at radius 2 is 1.60 bits per heavy atom. The molecule has 2 nitrogen and oxygen atoms in total. The second-order valence-electron chi connectivity index (χ2n) is 5.98. The van der Waals surface area contributed by atoms with Gasteiger partial charge in [-0.1, -0.05) is 42.5 Å². The number of nitrogens with zero attached hydrogens (tertiary/aromatic N) is 1. The van der Waals surface area contributed by atoms with Crippen LogP contribution < -0.4 is 4.74 Å². The van der Waals surface area contributed by atoms with E-state index < -0.39 is 0 Å². The molecule has 124 valence electrons. The molecule has 3 heteroatoms. The zero-order valence-corrected chi connectivity index (χ0v) is 14.9. The monoisotopic (exact) mass is 345 g/mol. The summed E-state index contributed by atoms with van der Waals surface area (Å²) in [7, 11) is 1.69. The van der Waals surface area contributed by atoms with Gasteiger partial charge in [-0.15, -0.1) is 11.8 Å². The van der Waals surface area contributed by atoms with Gasteiger partial charge < -0.3 is 4.74 Å². The van der Waals surface area contributed by atoms with Crippen LogP contribution in [0.25, 0.3) is 0 Å². The minimum Gasteiger partial charge on any atom is -0.497 e. The topological polar surface area (TPSA) is 21.6 Å². The standard InChI is InChI=1S/C22H19NOS/c1-24-18-13-11-16(12-14-18)20-15-22(17-7-3-2-4-8-17)25-21-10-6-5-9-19(21)23-20/h2-14,22H,15H2,1H3/t22-/m0/s1. The molecule has 1 aliphatic heterocycles. The lowest BCUT2D eigenvalue weighted by molar-refractivity contribution is 0.415. The van der Waals surface area contributed by atoms with E-state index in [4.69, 9.17) is 9.73 Å². The molecule has 1 heterocycles. The summed E-state index contributed by atoms with van der Waals surface area (Å²) < 4.78 is 5.28. The van der Waals surface area contributed by atoms with E-state index in [1.54, 1.807) is 7.11 Å². The number of hydrogen-bond donors (Lipinski definition) is 0. The van der Waals surface area contributed by atoms with Crippen LogP contribution in [0.2, 0.25) is 0 Å². The number of methoxy groups -OCH3 is 1. The number of aliphatic imine (C=N–C) groups is 1. The summed E-state index contributed by atoms with van der Waals surface area (Å²) in [5.41, 5.74) is 4.66. The number of benzene rings is 3. The molecule has 0 bridgehead atoms. The normalized spacial score (nSPS) is 16.5. The van der Waals surface area contributed by atoms with Crippen molar-refractivity contribution in [3.63, 3.8) is 0 Å². The molecule has 0 fully saturated rings. The number of hydrogen-bond acceptors (Lipinski definition) is 3. The van der Waals surface area contributed by atoms with Gasteiger partial charge in [0.15, 0.2) is 0 Å². The maximum Gasteiger partial charge on any atom is 0.118 e. The van der Waals surface area contributed by atoms with Crippen LogP contribution in [0.4, 0.5) is 5.69 Å². The van der Waals surface area contributed by atoms with Gasteiger partial charge in [-0.25, -0.2) is 0 Å². The van der Waals surface area contributed by atoms with Crippen LogP contribution in [0.15, 0.2) is 88.8 Å². The van der Waals surface area contributed by atoms with Gasteiger partial charge in [0.05, 0.1) is 12.8 Å². The minimum absolute atomic E-state index is 0.353. The lowest BCUT2D eigenvalue weighted by Gasteiger charge is -2.16. The summed E-state index contributed by atoms with van der Waals surface area (Å²) in [5.74, 6) is 0.868. The largest absolute Gasteiger partial charge is 0.497 e. The van der Waals surface area contributed by atoms with Crippen LogP contribution in [0.1, 0.15) is 22.8 Å². The van der Waals surface area contributed by atoms with Gasteiger partial charge in [-0.05, 0) is 47.5 Å². The van der Waals surface area contributed by atoms with Crippen LogP contribution in [-0.2, 0) is 0 Å². The van der Waals surface area contributed by atoms with E-state index in [0.717, 1.165) is 29.1 Å². The summed E-state index contributed by atoms with van der Waals surface area (Å²) in [6.07, 6.45) is 0.899. The maximum atomic E-state index is 5.28. The number of para-hydroxylation sites is 1. The Morgan fingerprint density at radius 3 is 2.36 bits per heavy atom. The van der Waals surface area contributed by atoms with Gasteiger partial charge >= 0.3 is 0 Å². The smallest absolute Gasteiger partial charge is 0.118 e. The first kappa shape index (κ1) is 16.0. The minimum atomic E-state index is 0.353. The average Bonchev–Trinajstić information content (AvgIpc) is 2.88. The van der Waals surface area contributed by atoms with Crippen molar-refractivity contribution in [2.45, 2.75) is 16.6 Å². The molecule has 0 saturated heterocycles. The van der Waals surface area contributed by atoms with Gasteiger partial charge in [0.2, 0.25) is 0 Å². The van der Waals surface area contributed by atoms with Crippen molar-refractivity contribution in [3.05, 3.63) is 90.0 Å². The van der Waals surface area contributed by atoms with Crippen LogP contribution in [0, 0.1) is 0 Å². The van der Waals surface area contributed by atoms with Crippen molar-refractivity contribution in [3.8, 4) is 5.75 Å². The Balaban J connectivity index is 1.77. The first-order valence-electron chi connectivity index (χ1n) is 8.36. The highest BCUT2D eigenvalue weighted by molar-refractivity contribution is 7.99. The summed E-state index contributed by atoms with van der Waals surface area (Å²) in [5, 5.41) is 0.353. The molecular formula is C22H19NOS. The zero-order valence-electron chi connectivity index (χ0n) is 14.1. The molecule has 0 spiro atoms. The Labute approximate surface area is 152 Å². The molecule has 1 aliphatic rings. The van der Waals surface area contributed by atoms with Crippen LogP contribution in [0.5, 0.6) is 5.75 Å². The lowest BCUT2D eigenvalue weighted by atomic mass is 10.0. The van der Waals surface area contributed by atoms with E-state index >= 15 is 0 Å². The van der Waals surface area contributed by atoms with E-state index in [2.05, 4.69) is 66.7 Å². The molecule has 25 heavy (non-hydrogen) atoms. The summed E-state index contributed by atoms with van der Waals surface area (Å²) in [6, 6.07) is 27.3. The predicted molar refractivity (Wildman–Crippen MR) is 105 cm³/mol. The van der Waals surface area contributed by atoms with Gasteiger partial charge in [-0.3, -0.25) is 4.99 Å². The van der Waals surface area contributed by atoms with Crippen molar-refractivity contribution >= 4 is 23.2 Å². The van der Waals surface area contributed by atoms with Crippen molar-refractivity contribution in [2.75, 3.05) is 7.11 Å². The van der Waals surface area contributed by atoms with Crippen molar-refractivity contribution in [1.82, 2.24) is 0 Å². The quantitative estimate of drug-likeness (QED) is 0.576. The molecule has 0 saturated carbocycles. The third-order valence-electron chi connectivity index (χ3n) is 4.36. The van der Waals surface area contributed by atoms with Gasteiger partial charge in [0.1, 0.15) is 5.75 Å². The van der Waals surface area contributed by atoms with Gasteiger partial charge in [-0.2, -0.15) is 0 Å². The molecule has 3 aromatic carbocycles. The number of ether oxygens (including phenoxy) is 1. The van der Waals surface area contributed by atoms with E-state index in [1.165, 1.54) is 10.5 Å². The fourth-order valence-corrected chi connectivity index (χ4v) is 4.26. The SMILES string of the molecule is COc1ccc(C2=Nc3ccccc3S[C@H](c3ccccc3)C2)cc1. The third-order valence-corrected chi connectivity index (χ3v) is 5.69. The van der Waals surface area contributed by atoms with Crippen molar-refractivity contribution in [1.29, 1.82) is 0 Å². The zero-order chi connectivity index (χ0) is 17.1. The van der Waals surface area contributed by atoms with E-state index in [0.29, 0.717) is 5.25 Å². The summed E-state index contributed by atoms with van der Waals surface area (Å²) >= 11 is 1.90. The number of fused-ring (bicyclic) bond motifs is 1. The van der Waals surface area contributed by atoms with Crippen molar-refractivity contribution in [2.24, 2.45) is 4.99 Å². The number of thioether (sulfide) groups is 1. The molecule has 0 N–H and O–H groups in total. The Hall–Kier alpha value is -2.52. The molecule has 0 unspecified atom stereocenters. The Kier molecular flexibility index (Phi) is 4.57. The van der Waals surface area contributed by atoms with Crippen molar-refractivity contribution < 1.29 is 4.74 Å². The Morgan fingerprint density at radius 1 is 0.880 bits per heavy atom. The number of rotatable bonds is 3. The van der Waals surface area contributed by atoms with Crippen LogP contribution >= 0.6 is 11.8 Å². The molecular weight excluding hydrogens is 326 g/mol. The summed E-state index contributed by atoms with van der Waals surface area (Å²) in [4.78, 5) is 6.23. The van der Waals surface area contributed by atoms with E-state index in [-0.39, 0.29) is 0 Å². The van der Waals surface area contributed by atoms with Gasteiger partial charge in [0.25, 0.3) is 0 Å². The highest BCUT2D eigenvalue weighted by atomic mass is 32.2. The average molecular weight is 345 g/mol. The first-order valence-corrected chi connectivity index (χ1v) is 9.24. The second-order valence-corrected chi connectivity index (χ2v) is 7.22. The lowest BCUT2D eigenvalue weighted by Crippen LogP contribution is -2.05. The maximum absolute atomic E-state index is 5.28. The fourth-order valence-electron chi connectivity index (χ4n) is 3.03. The molecule has 1 atom stereocenters.